The van der Waals surface area contributed by atoms with Gasteiger partial charge in [0.1, 0.15) is 0 Å². The fourth-order valence-electron chi connectivity index (χ4n) is 1.94. The van der Waals surface area contributed by atoms with Crippen molar-refractivity contribution in [3.8, 4) is 0 Å². The van der Waals surface area contributed by atoms with Gasteiger partial charge in [0.2, 0.25) is 0 Å². The number of benzene rings is 1. The average molecular weight is 336 g/mol. The highest BCUT2D eigenvalue weighted by Crippen LogP contribution is 2.16. The first kappa shape index (κ1) is 18.6. The molecular weight excluding hydrogens is 316 g/mol. The Balaban J connectivity index is 3.06. The summed E-state index contributed by atoms with van der Waals surface area (Å²) in [4.78, 5) is 34.5. The van der Waals surface area contributed by atoms with Gasteiger partial charge < -0.3 is 13.6 Å². The number of rotatable bonds is 7. The van der Waals surface area contributed by atoms with Crippen molar-refractivity contribution in [1.82, 2.24) is 0 Å². The molecule has 0 radical (unpaired) electrons. The molecule has 6 nitrogen and oxygen atoms in total. The number of hydrogen-bond donors (Lipinski definition) is 0. The maximum Gasteiger partial charge on any atom is 0.502 e. The minimum atomic E-state index is -3.41. The lowest BCUT2D eigenvalue weighted by Crippen LogP contribution is -2.56. The number of esters is 1. The van der Waals surface area contributed by atoms with Gasteiger partial charge in [-0.05, 0) is 6.92 Å². The summed E-state index contributed by atoms with van der Waals surface area (Å²) in [7, 11) is -3.41. The van der Waals surface area contributed by atoms with Crippen molar-refractivity contribution >= 4 is 31.7 Å². The predicted octanol–water partition coefficient (Wildman–Crippen LogP) is 1.58. The second-order valence-corrected chi connectivity index (χ2v) is 7.96. The first-order valence-electron chi connectivity index (χ1n) is 7.04. The summed E-state index contributed by atoms with van der Waals surface area (Å²) in [6.07, 6.45) is 0. The molecule has 0 heterocycles. The molecule has 0 saturated carbocycles. The van der Waals surface area contributed by atoms with E-state index in [4.69, 9.17) is 13.6 Å². The van der Waals surface area contributed by atoms with Gasteiger partial charge in [0.15, 0.2) is 0 Å². The predicted molar refractivity (Wildman–Crippen MR) is 85.9 cm³/mol. The fraction of sp³-hybridized carbons (Fsp3) is 0.312. The average Bonchev–Trinajstić information content (AvgIpc) is 2.46. The summed E-state index contributed by atoms with van der Waals surface area (Å²) >= 11 is 0. The van der Waals surface area contributed by atoms with Crippen LogP contribution in [0.3, 0.4) is 0 Å². The van der Waals surface area contributed by atoms with Gasteiger partial charge in [-0.1, -0.05) is 36.9 Å². The fourth-order valence-corrected chi connectivity index (χ4v) is 4.71. The first-order valence-corrected chi connectivity index (χ1v) is 9.06. The van der Waals surface area contributed by atoms with Gasteiger partial charge in [0.05, 0.1) is 12.7 Å². The first-order chi connectivity index (χ1) is 10.8. The van der Waals surface area contributed by atoms with Crippen LogP contribution in [0, 0.1) is 0 Å². The Kier molecular flexibility index (Phi) is 6.71. The Morgan fingerprint density at radius 1 is 1.00 bits per heavy atom. The number of ether oxygens (including phenoxy) is 1. The second kappa shape index (κ2) is 8.28. The highest BCUT2D eigenvalue weighted by molar-refractivity contribution is 6.83. The molecule has 1 rings (SSSR count). The van der Waals surface area contributed by atoms with Crippen LogP contribution in [-0.4, -0.2) is 33.1 Å². The molecule has 0 amide bonds. The van der Waals surface area contributed by atoms with E-state index in [2.05, 4.69) is 6.58 Å². The van der Waals surface area contributed by atoms with Crippen LogP contribution in [-0.2, 0) is 28.0 Å². The molecule has 1 aromatic rings. The summed E-state index contributed by atoms with van der Waals surface area (Å²) < 4.78 is 15.9. The maximum atomic E-state index is 11.5. The van der Waals surface area contributed by atoms with Crippen LogP contribution in [0.25, 0.3) is 0 Å². The van der Waals surface area contributed by atoms with E-state index in [1.807, 2.05) is 0 Å². The third kappa shape index (κ3) is 5.71. The van der Waals surface area contributed by atoms with Crippen molar-refractivity contribution in [3.63, 3.8) is 0 Å². The van der Waals surface area contributed by atoms with Gasteiger partial charge in [-0.25, -0.2) is 4.79 Å². The van der Waals surface area contributed by atoms with E-state index in [9.17, 15) is 14.4 Å². The van der Waals surface area contributed by atoms with Gasteiger partial charge >= 0.3 is 14.5 Å². The Morgan fingerprint density at radius 3 is 1.96 bits per heavy atom. The SMILES string of the molecule is C=C(C)C(=O)OCC[Si](OC(C)=O)(OC(C)=O)c1ccccc1. The molecule has 0 fully saturated rings. The smallest absolute Gasteiger partial charge is 0.482 e. The Bertz CT molecular complexity index is 580. The van der Waals surface area contributed by atoms with E-state index in [0.717, 1.165) is 0 Å². The Morgan fingerprint density at radius 2 is 1.52 bits per heavy atom. The lowest BCUT2D eigenvalue weighted by molar-refractivity contribution is -0.139. The Hall–Kier alpha value is -2.41. The molecule has 1 aromatic carbocycles. The third-order valence-corrected chi connectivity index (χ3v) is 6.15. The van der Waals surface area contributed by atoms with Gasteiger partial charge in [-0.2, -0.15) is 0 Å². The molecule has 0 aliphatic rings. The van der Waals surface area contributed by atoms with Gasteiger partial charge in [0, 0.05) is 24.6 Å². The van der Waals surface area contributed by atoms with Crippen molar-refractivity contribution in [2.45, 2.75) is 26.8 Å². The lowest BCUT2D eigenvalue weighted by Gasteiger charge is -2.28. The van der Waals surface area contributed by atoms with Crippen molar-refractivity contribution < 1.29 is 28.0 Å². The molecule has 0 aliphatic carbocycles. The van der Waals surface area contributed by atoms with E-state index >= 15 is 0 Å². The molecule has 0 spiro atoms. The summed E-state index contributed by atoms with van der Waals surface area (Å²) in [6, 6.07) is 8.85. The molecule has 0 saturated heterocycles. The monoisotopic (exact) mass is 336 g/mol. The zero-order valence-corrected chi connectivity index (χ0v) is 14.5. The molecular formula is C16H20O6Si. The summed E-state index contributed by atoms with van der Waals surface area (Å²) in [6.45, 7) is 7.46. The van der Waals surface area contributed by atoms with E-state index in [0.29, 0.717) is 5.19 Å². The van der Waals surface area contributed by atoms with Gasteiger partial charge in [0.25, 0.3) is 11.9 Å². The minimum Gasteiger partial charge on any atom is -0.482 e. The zero-order valence-electron chi connectivity index (χ0n) is 13.5. The van der Waals surface area contributed by atoms with E-state index in [1.54, 1.807) is 30.3 Å². The highest BCUT2D eigenvalue weighted by atomic mass is 28.4. The molecule has 0 N–H and O–H groups in total. The largest absolute Gasteiger partial charge is 0.502 e. The highest BCUT2D eigenvalue weighted by Gasteiger charge is 2.46. The van der Waals surface area contributed by atoms with Gasteiger partial charge in [-0.3, -0.25) is 9.59 Å². The van der Waals surface area contributed by atoms with Crippen LogP contribution in [0.1, 0.15) is 20.8 Å². The quantitative estimate of drug-likeness (QED) is 0.427. The topological polar surface area (TPSA) is 78.9 Å². The zero-order chi connectivity index (χ0) is 17.5. The summed E-state index contributed by atoms with van der Waals surface area (Å²) in [5.41, 5.74) is 0.261. The van der Waals surface area contributed by atoms with Crippen LogP contribution >= 0.6 is 0 Å². The molecule has 0 aliphatic heterocycles. The van der Waals surface area contributed by atoms with Crippen molar-refractivity contribution in [2.75, 3.05) is 6.61 Å². The molecule has 0 aromatic heterocycles. The van der Waals surface area contributed by atoms with Crippen LogP contribution < -0.4 is 5.19 Å². The number of carbonyl (C=O) groups is 3. The normalized spacial score (nSPS) is 10.6. The van der Waals surface area contributed by atoms with Crippen LogP contribution in [0.2, 0.25) is 6.04 Å². The standard InChI is InChI=1S/C16H20O6Si/c1-12(2)16(19)20-10-11-23(21-13(3)17,22-14(4)18)15-8-6-5-7-9-15/h5-9H,1,10-11H2,2-4H3. The van der Waals surface area contributed by atoms with E-state index < -0.39 is 26.5 Å². The van der Waals surface area contributed by atoms with Crippen LogP contribution in [0.4, 0.5) is 0 Å². The maximum absolute atomic E-state index is 11.5. The van der Waals surface area contributed by atoms with Gasteiger partial charge in [-0.15, -0.1) is 0 Å². The van der Waals surface area contributed by atoms with Crippen LogP contribution in [0.5, 0.6) is 0 Å². The summed E-state index contributed by atoms with van der Waals surface area (Å²) in [5, 5.41) is 0.608. The lowest BCUT2D eigenvalue weighted by atomic mass is 10.4. The van der Waals surface area contributed by atoms with Crippen molar-refractivity contribution in [3.05, 3.63) is 42.5 Å². The molecule has 7 heteroatoms. The minimum absolute atomic E-state index is 0.0482. The second-order valence-electron chi connectivity index (χ2n) is 4.97. The van der Waals surface area contributed by atoms with Crippen molar-refractivity contribution in [2.24, 2.45) is 0 Å². The molecule has 0 atom stereocenters. The van der Waals surface area contributed by atoms with E-state index in [1.165, 1.54) is 20.8 Å². The van der Waals surface area contributed by atoms with E-state index in [-0.39, 0.29) is 18.2 Å². The number of carbonyl (C=O) groups excluding carboxylic acids is 3. The van der Waals surface area contributed by atoms with Crippen molar-refractivity contribution in [1.29, 1.82) is 0 Å². The number of hydrogen-bond acceptors (Lipinski definition) is 6. The summed E-state index contributed by atoms with van der Waals surface area (Å²) in [5.74, 6) is -1.67. The van der Waals surface area contributed by atoms with Crippen LogP contribution in [0.15, 0.2) is 42.5 Å². The molecule has 0 unspecified atom stereocenters. The molecule has 124 valence electrons. The Labute approximate surface area is 136 Å². The molecule has 23 heavy (non-hydrogen) atoms. The molecule has 0 bridgehead atoms. The third-order valence-electron chi connectivity index (χ3n) is 2.84.